The molecule has 0 unspecified atom stereocenters. The van der Waals surface area contributed by atoms with Crippen LogP contribution in [0.2, 0.25) is 0 Å². The first-order chi connectivity index (χ1) is 11.4. The number of nitrogens with zero attached hydrogens (tertiary/aromatic N) is 1. The maximum Gasteiger partial charge on any atom is 0.403 e. The van der Waals surface area contributed by atoms with E-state index < -0.39 is 5.43 Å². The van der Waals surface area contributed by atoms with Crippen LogP contribution in [-0.2, 0) is 9.53 Å². The molecule has 1 rings (SSSR count). The molecule has 0 aromatic rings. The number of unbranched alkanes of at least 4 members (excludes halogenated alkanes) is 1. The minimum Gasteiger partial charge on any atom is -0.483 e. The molecule has 1 fully saturated rings. The molecule has 1 saturated carbocycles. The van der Waals surface area contributed by atoms with Crippen LogP contribution < -0.4 is 0 Å². The van der Waals surface area contributed by atoms with E-state index in [0.717, 1.165) is 19.4 Å². The van der Waals surface area contributed by atoms with E-state index in [4.69, 9.17) is 21.5 Å². The molecule has 1 aliphatic carbocycles. The second-order valence-electron chi connectivity index (χ2n) is 6.45. The zero-order chi connectivity index (χ0) is 18.8. The summed E-state index contributed by atoms with van der Waals surface area (Å²) in [5.41, 5.74) is -0.709. The van der Waals surface area contributed by atoms with Gasteiger partial charge in [0.25, 0.3) is 6.47 Å². The summed E-state index contributed by atoms with van der Waals surface area (Å²) in [4.78, 5) is 21.1. The van der Waals surface area contributed by atoms with Crippen molar-refractivity contribution in [2.24, 2.45) is 0 Å². The van der Waals surface area contributed by atoms with E-state index in [1.54, 1.807) is 0 Å². The molecule has 5 nitrogen and oxygen atoms in total. The second-order valence-corrected chi connectivity index (χ2v) is 6.75. The van der Waals surface area contributed by atoms with Crippen molar-refractivity contribution in [2.75, 3.05) is 13.2 Å². The van der Waals surface area contributed by atoms with E-state index in [1.807, 2.05) is 0 Å². The zero-order valence-corrected chi connectivity index (χ0v) is 16.6. The van der Waals surface area contributed by atoms with Gasteiger partial charge in [-0.25, -0.2) is 4.79 Å². The highest BCUT2D eigenvalue weighted by molar-refractivity contribution is 6.61. The van der Waals surface area contributed by atoms with Gasteiger partial charge in [-0.05, 0) is 47.1 Å². The lowest BCUT2D eigenvalue weighted by molar-refractivity contribution is -0.122. The number of carbonyl (C=O) groups excluding carboxylic acids is 1. The lowest BCUT2D eigenvalue weighted by Crippen LogP contribution is -2.37. The number of carbonyl (C=O) groups is 2. The fourth-order valence-corrected chi connectivity index (χ4v) is 2.80. The lowest BCUT2D eigenvalue weighted by atomic mass is 10.0. The standard InChI is InChI=1S/C11H22ClNO2.C6H12.CH2O2/c1-9(2)13(10(3)4)7-5-6-8-15-11(12)14;1-2-4-6-5-3-1;2-1-3/h9-10H,5-8H2,1-4H3;1-6H2;1H,(H,2,3). The molecule has 1 N–H and O–H groups in total. The highest BCUT2D eigenvalue weighted by Gasteiger charge is 2.12. The van der Waals surface area contributed by atoms with E-state index in [9.17, 15) is 4.79 Å². The molecular formula is C18H36ClNO4. The molecule has 24 heavy (non-hydrogen) atoms. The first kappa shape index (κ1) is 25.4. The van der Waals surface area contributed by atoms with E-state index in [0.29, 0.717) is 18.7 Å². The Balaban J connectivity index is 0. The summed E-state index contributed by atoms with van der Waals surface area (Å²) in [6.45, 7) is 9.98. The largest absolute Gasteiger partial charge is 0.483 e. The zero-order valence-electron chi connectivity index (χ0n) is 15.8. The average Bonchev–Trinajstić information content (AvgIpc) is 2.52. The molecule has 0 aromatic carbocycles. The van der Waals surface area contributed by atoms with Crippen molar-refractivity contribution < 1.29 is 19.4 Å². The van der Waals surface area contributed by atoms with Crippen LogP contribution in [0.3, 0.4) is 0 Å². The SMILES string of the molecule is C1CCCCC1.CC(C)N(CCCCOC(=O)Cl)C(C)C.O=CO. The highest BCUT2D eigenvalue weighted by Crippen LogP contribution is 2.15. The van der Waals surface area contributed by atoms with Crippen LogP contribution in [0.4, 0.5) is 4.79 Å². The molecule has 1 aliphatic rings. The van der Waals surface area contributed by atoms with Crippen molar-refractivity contribution in [3.63, 3.8) is 0 Å². The number of carboxylic acid groups (broad SMARTS) is 1. The van der Waals surface area contributed by atoms with Gasteiger partial charge in [0, 0.05) is 23.7 Å². The van der Waals surface area contributed by atoms with Crippen LogP contribution in [0, 0.1) is 0 Å². The van der Waals surface area contributed by atoms with Crippen LogP contribution in [0.1, 0.15) is 79.1 Å². The van der Waals surface area contributed by atoms with Crippen LogP contribution in [0.5, 0.6) is 0 Å². The lowest BCUT2D eigenvalue weighted by Gasteiger charge is -2.30. The molecule has 144 valence electrons. The summed E-state index contributed by atoms with van der Waals surface area (Å²) in [7, 11) is 0. The van der Waals surface area contributed by atoms with Gasteiger partial charge in [0.15, 0.2) is 0 Å². The van der Waals surface area contributed by atoms with E-state index in [2.05, 4.69) is 37.3 Å². The van der Waals surface area contributed by atoms with Crippen molar-refractivity contribution in [3.05, 3.63) is 0 Å². The molecule has 0 bridgehead atoms. The molecule has 0 radical (unpaired) electrons. The summed E-state index contributed by atoms with van der Waals surface area (Å²) in [6, 6.07) is 1.11. The van der Waals surface area contributed by atoms with E-state index in [1.165, 1.54) is 38.5 Å². The minimum absolute atomic E-state index is 0.250. The van der Waals surface area contributed by atoms with Gasteiger partial charge >= 0.3 is 5.43 Å². The summed E-state index contributed by atoms with van der Waals surface area (Å²) < 4.78 is 4.65. The molecule has 0 spiro atoms. The highest BCUT2D eigenvalue weighted by atomic mass is 35.5. The van der Waals surface area contributed by atoms with Gasteiger partial charge < -0.3 is 9.84 Å². The minimum atomic E-state index is -0.709. The normalized spacial score (nSPS) is 13.7. The third kappa shape index (κ3) is 19.2. The Kier molecular flexibility index (Phi) is 19.6. The third-order valence-corrected chi connectivity index (χ3v) is 3.96. The predicted octanol–water partition coefficient (Wildman–Crippen LogP) is 5.30. The summed E-state index contributed by atoms with van der Waals surface area (Å²) in [5, 5.41) is 6.89. The molecule has 6 heteroatoms. The quantitative estimate of drug-likeness (QED) is 0.376. The maximum absolute atomic E-state index is 10.3. The first-order valence-corrected chi connectivity index (χ1v) is 9.40. The molecule has 0 aliphatic heterocycles. The summed E-state index contributed by atoms with van der Waals surface area (Å²) in [5.74, 6) is 0. The molecule has 0 saturated heterocycles. The van der Waals surface area contributed by atoms with Gasteiger partial charge in [0.2, 0.25) is 0 Å². The Labute approximate surface area is 152 Å². The number of ether oxygens (including phenoxy) is 1. The van der Waals surface area contributed by atoms with Gasteiger partial charge in [-0.3, -0.25) is 9.69 Å². The van der Waals surface area contributed by atoms with Crippen molar-refractivity contribution >= 4 is 23.5 Å². The monoisotopic (exact) mass is 365 g/mol. The van der Waals surface area contributed by atoms with Gasteiger partial charge in [-0.1, -0.05) is 38.5 Å². The second kappa shape index (κ2) is 18.5. The van der Waals surface area contributed by atoms with E-state index >= 15 is 0 Å². The van der Waals surface area contributed by atoms with Crippen LogP contribution in [-0.4, -0.2) is 47.1 Å². The van der Waals surface area contributed by atoms with Crippen molar-refractivity contribution in [1.82, 2.24) is 4.90 Å². The Bertz CT molecular complexity index is 275. The summed E-state index contributed by atoms with van der Waals surface area (Å²) >= 11 is 5.05. The average molecular weight is 366 g/mol. The Morgan fingerprint density at radius 2 is 1.42 bits per heavy atom. The number of halogens is 1. The molecule has 0 aromatic heterocycles. The number of hydrogen-bond acceptors (Lipinski definition) is 4. The van der Waals surface area contributed by atoms with Gasteiger partial charge in [0.1, 0.15) is 0 Å². The molecule has 0 heterocycles. The third-order valence-electron chi connectivity index (χ3n) is 3.85. The number of hydrogen-bond donors (Lipinski definition) is 1. The van der Waals surface area contributed by atoms with Gasteiger partial charge in [-0.2, -0.15) is 0 Å². The van der Waals surface area contributed by atoms with Gasteiger partial charge in [-0.15, -0.1) is 0 Å². The Morgan fingerprint density at radius 1 is 1.04 bits per heavy atom. The van der Waals surface area contributed by atoms with Crippen molar-refractivity contribution in [2.45, 2.75) is 91.1 Å². The van der Waals surface area contributed by atoms with Crippen LogP contribution in [0.15, 0.2) is 0 Å². The van der Waals surface area contributed by atoms with Crippen LogP contribution in [0.25, 0.3) is 0 Å². The van der Waals surface area contributed by atoms with E-state index in [-0.39, 0.29) is 6.47 Å². The maximum atomic E-state index is 10.3. The first-order valence-electron chi connectivity index (χ1n) is 9.02. The topological polar surface area (TPSA) is 66.8 Å². The van der Waals surface area contributed by atoms with Gasteiger partial charge in [0.05, 0.1) is 6.61 Å². The Hall–Kier alpha value is -0.810. The predicted molar refractivity (Wildman–Crippen MR) is 99.8 cm³/mol. The van der Waals surface area contributed by atoms with Crippen LogP contribution >= 0.6 is 11.6 Å². The molecule has 0 atom stereocenters. The Morgan fingerprint density at radius 3 is 1.71 bits per heavy atom. The molecule has 0 amide bonds. The fourth-order valence-electron chi connectivity index (χ4n) is 2.72. The fraction of sp³-hybridized carbons (Fsp3) is 0.889. The molecular weight excluding hydrogens is 330 g/mol. The van der Waals surface area contributed by atoms with Crippen molar-refractivity contribution in [3.8, 4) is 0 Å². The number of rotatable bonds is 7. The smallest absolute Gasteiger partial charge is 0.403 e. The van der Waals surface area contributed by atoms with Crippen molar-refractivity contribution in [1.29, 1.82) is 0 Å². The summed E-state index contributed by atoms with van der Waals surface area (Å²) in [6.07, 6.45) is 10.9.